The van der Waals surface area contributed by atoms with Crippen molar-refractivity contribution in [2.45, 2.75) is 59.7 Å². The summed E-state index contributed by atoms with van der Waals surface area (Å²) in [5.41, 5.74) is 12.3. The van der Waals surface area contributed by atoms with Crippen LogP contribution in [0.2, 0.25) is 0 Å². The zero-order valence-electron chi connectivity index (χ0n) is 25.1. The van der Waals surface area contributed by atoms with Crippen molar-refractivity contribution in [2.75, 3.05) is 20.3 Å². The minimum absolute atomic E-state index is 0.0404. The molecule has 0 saturated carbocycles. The van der Waals surface area contributed by atoms with Gasteiger partial charge in [-0.1, -0.05) is 46.1 Å². The molecule has 0 spiro atoms. The number of hydrogen-bond donors (Lipinski definition) is 4. The summed E-state index contributed by atoms with van der Waals surface area (Å²) in [6, 6.07) is 6.76. The van der Waals surface area contributed by atoms with Crippen LogP contribution in [0.15, 0.2) is 83.3 Å². The summed E-state index contributed by atoms with van der Waals surface area (Å²) in [6.45, 7) is 17.0. The van der Waals surface area contributed by atoms with Crippen LogP contribution in [0.25, 0.3) is 0 Å². The number of guanidine groups is 1. The standard InChI is InChI=1S/C28H40N6O5.C2H6/c1-7-21(27(36)34-28(30)32-9-3)13-14-24(39-20(5)18-37-6)15-19(4)38-23-12-10-11-22(16-23)26(35)33-17-25(29)31-8-2;1-2/h8-13,15-16,19-20H,2-3,7,14,17-18H2,1,4-6H3,(H2,29,31)(H,33,35)(H3,30,32,34,36);1-2H3/b21-13+,24-15+;. The Bertz CT molecular complexity index is 1110. The summed E-state index contributed by atoms with van der Waals surface area (Å²) in [7, 11) is 1.59. The number of nitrogens with two attached hydrogens (primary N) is 2. The largest absolute Gasteiger partial charge is 0.493 e. The van der Waals surface area contributed by atoms with Crippen molar-refractivity contribution in [2.24, 2.45) is 21.5 Å². The molecular formula is C30H46N6O5. The number of nitrogens with zero attached hydrogens (tertiary/aromatic N) is 2. The topological polar surface area (TPSA) is 163 Å². The number of allylic oxidation sites excluding steroid dienone is 1. The zero-order valence-corrected chi connectivity index (χ0v) is 25.1. The maximum absolute atomic E-state index is 12.5. The Labute approximate surface area is 244 Å². The van der Waals surface area contributed by atoms with Gasteiger partial charge >= 0.3 is 0 Å². The summed E-state index contributed by atoms with van der Waals surface area (Å²) < 4.78 is 17.3. The molecule has 0 aliphatic heterocycles. The van der Waals surface area contributed by atoms with Crippen molar-refractivity contribution >= 4 is 23.6 Å². The molecule has 0 radical (unpaired) electrons. The summed E-state index contributed by atoms with van der Waals surface area (Å²) in [6.07, 6.45) is 6.26. The number of hydrogen-bond acceptors (Lipinski definition) is 7. The van der Waals surface area contributed by atoms with Crippen molar-refractivity contribution in [3.63, 3.8) is 0 Å². The average Bonchev–Trinajstić information content (AvgIpc) is 2.93. The predicted octanol–water partition coefficient (Wildman–Crippen LogP) is 3.95. The predicted molar refractivity (Wildman–Crippen MR) is 165 cm³/mol. The molecule has 6 N–H and O–H groups in total. The number of carbonyl (C=O) groups is 2. The quantitative estimate of drug-likeness (QED) is 0.101. The Morgan fingerprint density at radius 2 is 1.80 bits per heavy atom. The van der Waals surface area contributed by atoms with Gasteiger partial charge in [0.05, 0.1) is 18.9 Å². The van der Waals surface area contributed by atoms with Gasteiger partial charge < -0.3 is 31.0 Å². The fourth-order valence-electron chi connectivity index (χ4n) is 3.29. The number of benzene rings is 1. The van der Waals surface area contributed by atoms with E-state index in [0.29, 0.717) is 42.1 Å². The van der Waals surface area contributed by atoms with Crippen molar-refractivity contribution < 1.29 is 23.8 Å². The molecule has 2 amide bonds. The second-order valence-electron chi connectivity index (χ2n) is 8.29. The number of methoxy groups -OCH3 is 1. The number of amides is 2. The lowest BCUT2D eigenvalue weighted by Crippen LogP contribution is -2.37. The number of nitrogens with one attached hydrogen (secondary N) is 2. The van der Waals surface area contributed by atoms with Crippen LogP contribution in [-0.4, -0.2) is 56.1 Å². The Hall–Kier alpha value is -4.38. The van der Waals surface area contributed by atoms with E-state index >= 15 is 0 Å². The van der Waals surface area contributed by atoms with E-state index in [1.807, 2.05) is 34.6 Å². The first-order valence-corrected chi connectivity index (χ1v) is 13.4. The van der Waals surface area contributed by atoms with Gasteiger partial charge in [-0.05, 0) is 44.5 Å². The number of rotatable bonds is 16. The van der Waals surface area contributed by atoms with E-state index in [2.05, 4.69) is 33.8 Å². The molecule has 226 valence electrons. The molecule has 0 aromatic heterocycles. The molecule has 1 rings (SSSR count). The fraction of sp³-hybridized carbons (Fsp3) is 0.400. The van der Waals surface area contributed by atoms with E-state index in [9.17, 15) is 9.59 Å². The number of aliphatic imine (C=N–C) groups is 2. The minimum Gasteiger partial charge on any atom is -0.493 e. The lowest BCUT2D eigenvalue weighted by atomic mass is 10.1. The molecule has 1 aromatic rings. The minimum atomic E-state index is -0.425. The molecule has 0 bridgehead atoms. The molecule has 1 aromatic carbocycles. The smallest absolute Gasteiger partial charge is 0.253 e. The van der Waals surface area contributed by atoms with Gasteiger partial charge in [-0.25, -0.2) is 9.98 Å². The molecule has 2 atom stereocenters. The second-order valence-corrected chi connectivity index (χ2v) is 8.29. The first-order chi connectivity index (χ1) is 19.6. The third-order valence-corrected chi connectivity index (χ3v) is 4.97. The first kappa shape index (κ1) is 36.6. The lowest BCUT2D eigenvalue weighted by molar-refractivity contribution is -0.116. The van der Waals surface area contributed by atoms with Crippen molar-refractivity contribution in [1.29, 1.82) is 0 Å². The highest BCUT2D eigenvalue weighted by Gasteiger charge is 2.13. The van der Waals surface area contributed by atoms with E-state index in [4.69, 9.17) is 25.7 Å². The zero-order chi connectivity index (χ0) is 31.2. The van der Waals surface area contributed by atoms with Gasteiger partial charge in [0, 0.05) is 37.1 Å². The van der Waals surface area contributed by atoms with Crippen LogP contribution in [0.4, 0.5) is 0 Å². The van der Waals surface area contributed by atoms with E-state index in [-0.39, 0.29) is 36.3 Å². The van der Waals surface area contributed by atoms with Gasteiger partial charge in [0.15, 0.2) is 5.96 Å². The SMILES string of the molecule is C=CN=C(N)CNC(=O)c1cccc(OC(C)/C=C(\C/C=C(\CC)C(=O)NC(N)=NC=C)OC(C)COC)c1.CC. The molecule has 2 unspecified atom stereocenters. The van der Waals surface area contributed by atoms with Gasteiger partial charge in [0.25, 0.3) is 11.8 Å². The Balaban J connectivity index is 0.00000781. The van der Waals surface area contributed by atoms with Crippen LogP contribution in [0.1, 0.15) is 57.8 Å². The first-order valence-electron chi connectivity index (χ1n) is 13.4. The van der Waals surface area contributed by atoms with Crippen LogP contribution in [-0.2, 0) is 14.3 Å². The van der Waals surface area contributed by atoms with E-state index in [1.165, 1.54) is 12.4 Å². The summed E-state index contributed by atoms with van der Waals surface area (Å²) in [4.78, 5) is 32.6. The third kappa shape index (κ3) is 15.7. The van der Waals surface area contributed by atoms with Gasteiger partial charge in [-0.3, -0.25) is 14.9 Å². The van der Waals surface area contributed by atoms with Crippen LogP contribution in [0.3, 0.4) is 0 Å². The maximum atomic E-state index is 12.5. The normalized spacial score (nSPS) is 13.6. The van der Waals surface area contributed by atoms with Crippen molar-refractivity contribution in [3.8, 4) is 5.75 Å². The number of ether oxygens (including phenoxy) is 3. The molecule has 0 aliphatic rings. The Morgan fingerprint density at radius 1 is 1.12 bits per heavy atom. The molecule has 11 heteroatoms. The molecule has 41 heavy (non-hydrogen) atoms. The van der Waals surface area contributed by atoms with E-state index < -0.39 is 6.10 Å². The van der Waals surface area contributed by atoms with Gasteiger partial charge in [-0.2, -0.15) is 0 Å². The van der Waals surface area contributed by atoms with Gasteiger partial charge in [0.1, 0.15) is 23.8 Å². The van der Waals surface area contributed by atoms with E-state index in [1.54, 1.807) is 43.5 Å². The highest BCUT2D eigenvalue weighted by atomic mass is 16.5. The molecule has 11 nitrogen and oxygen atoms in total. The van der Waals surface area contributed by atoms with Crippen LogP contribution >= 0.6 is 0 Å². The molecule has 0 aliphatic carbocycles. The molecular weight excluding hydrogens is 524 g/mol. The average molecular weight is 571 g/mol. The molecule has 0 saturated heterocycles. The van der Waals surface area contributed by atoms with Crippen LogP contribution < -0.4 is 26.8 Å². The fourth-order valence-corrected chi connectivity index (χ4v) is 3.29. The van der Waals surface area contributed by atoms with Crippen molar-refractivity contribution in [1.82, 2.24) is 10.6 Å². The van der Waals surface area contributed by atoms with Gasteiger partial charge in [0.2, 0.25) is 0 Å². The third-order valence-electron chi connectivity index (χ3n) is 4.97. The van der Waals surface area contributed by atoms with Crippen LogP contribution in [0.5, 0.6) is 5.75 Å². The van der Waals surface area contributed by atoms with E-state index in [0.717, 1.165) is 0 Å². The lowest BCUT2D eigenvalue weighted by Gasteiger charge is -2.19. The van der Waals surface area contributed by atoms with Crippen molar-refractivity contribution in [3.05, 3.63) is 78.9 Å². The highest BCUT2D eigenvalue weighted by molar-refractivity contribution is 6.04. The second kappa shape index (κ2) is 21.4. The molecule has 0 fully saturated rings. The Kier molecular flexibility index (Phi) is 19.2. The summed E-state index contributed by atoms with van der Waals surface area (Å²) in [5, 5.41) is 5.21. The number of amidine groups is 1. The summed E-state index contributed by atoms with van der Waals surface area (Å²) >= 11 is 0. The van der Waals surface area contributed by atoms with Gasteiger partial charge in [-0.15, -0.1) is 0 Å². The molecule has 0 heterocycles. The van der Waals surface area contributed by atoms with Crippen LogP contribution in [0, 0.1) is 0 Å². The Morgan fingerprint density at radius 3 is 2.41 bits per heavy atom. The monoisotopic (exact) mass is 570 g/mol. The maximum Gasteiger partial charge on any atom is 0.253 e. The number of carbonyl (C=O) groups excluding carboxylic acids is 2. The summed E-state index contributed by atoms with van der Waals surface area (Å²) in [5.74, 6) is 0.598. The highest BCUT2D eigenvalue weighted by Crippen LogP contribution is 2.18.